The maximum absolute atomic E-state index is 6.84. The monoisotopic (exact) mass is 758 g/mol. The van der Waals surface area contributed by atoms with Crippen molar-refractivity contribution in [1.29, 1.82) is 0 Å². The van der Waals surface area contributed by atoms with Gasteiger partial charge in [-0.15, -0.1) is 0 Å². The zero-order valence-corrected chi connectivity index (χ0v) is 32.0. The average molecular weight is 760 g/mol. The van der Waals surface area contributed by atoms with Crippen LogP contribution in [0.4, 0.5) is 0 Å². The molecule has 10 nitrogen and oxygen atoms in total. The van der Waals surface area contributed by atoms with Gasteiger partial charge in [0.25, 0.3) is 8.32 Å². The Hall–Kier alpha value is -1.26. The van der Waals surface area contributed by atoms with Gasteiger partial charge < -0.3 is 47.1 Å². The number of ether oxygens (including phenoxy) is 9. The Balaban J connectivity index is 1.37. The van der Waals surface area contributed by atoms with E-state index in [1.165, 1.54) is 10.4 Å². The van der Waals surface area contributed by atoms with Gasteiger partial charge in [-0.2, -0.15) is 0 Å². The minimum absolute atomic E-state index is 0.0522. The molecule has 2 rings (SSSR count). The van der Waals surface area contributed by atoms with Crippen LogP contribution in [0.2, 0.25) is 5.04 Å². The van der Waals surface area contributed by atoms with Gasteiger partial charge in [0.1, 0.15) is 0 Å². The minimum atomic E-state index is -2.53. The molecule has 0 aliphatic rings. The van der Waals surface area contributed by atoms with Crippen molar-refractivity contribution in [3.05, 3.63) is 60.7 Å². The van der Waals surface area contributed by atoms with Crippen LogP contribution in [-0.2, 0) is 47.1 Å². The summed E-state index contributed by atoms with van der Waals surface area (Å²) in [6, 6.07) is 21.3. The molecule has 0 saturated heterocycles. The number of halogens is 1. The van der Waals surface area contributed by atoms with Crippen molar-refractivity contribution in [3.63, 3.8) is 0 Å². The fourth-order valence-electron chi connectivity index (χ4n) is 4.93. The highest BCUT2D eigenvalue weighted by Gasteiger charge is 2.50. The van der Waals surface area contributed by atoms with Crippen molar-refractivity contribution < 1.29 is 47.1 Å². The lowest BCUT2D eigenvalue weighted by Gasteiger charge is -2.43. The number of rotatable bonds is 32. The van der Waals surface area contributed by atoms with Crippen LogP contribution in [0.5, 0.6) is 0 Å². The van der Waals surface area contributed by atoms with Gasteiger partial charge in [-0.3, -0.25) is 0 Å². The van der Waals surface area contributed by atoms with E-state index in [-0.39, 0.29) is 5.04 Å². The number of hydrogen-bond donors (Lipinski definition) is 0. The molecular weight excluding hydrogens is 700 g/mol. The molecule has 0 amide bonds. The van der Waals surface area contributed by atoms with E-state index in [4.69, 9.17) is 47.1 Å². The molecule has 2 aromatic carbocycles. The van der Waals surface area contributed by atoms with Gasteiger partial charge in [0.2, 0.25) is 0 Å². The fraction of sp³-hybridized carbons (Fsp3) is 0.667. The molecule has 0 spiro atoms. The van der Waals surface area contributed by atoms with Crippen LogP contribution in [0, 0.1) is 0 Å². The number of alkyl halides is 1. The van der Waals surface area contributed by atoms with Crippen molar-refractivity contribution in [2.45, 2.75) is 25.8 Å². The lowest BCUT2D eigenvalue weighted by molar-refractivity contribution is -0.0252. The number of benzene rings is 2. The quantitative estimate of drug-likeness (QED) is 0.0617. The average Bonchev–Trinajstić information content (AvgIpc) is 3.09. The van der Waals surface area contributed by atoms with E-state index >= 15 is 0 Å². The number of hydrogen-bond acceptors (Lipinski definition) is 10. The summed E-state index contributed by atoms with van der Waals surface area (Å²) in [7, 11) is -2.53. The third-order valence-corrected chi connectivity index (χ3v) is 12.5. The molecule has 0 aromatic heterocycles. The van der Waals surface area contributed by atoms with Gasteiger partial charge >= 0.3 is 0 Å². The molecule has 0 heterocycles. The summed E-state index contributed by atoms with van der Waals surface area (Å²) in [6.45, 7) is 17.1. The van der Waals surface area contributed by atoms with Gasteiger partial charge in [0.15, 0.2) is 0 Å². The van der Waals surface area contributed by atoms with E-state index in [9.17, 15) is 0 Å². The van der Waals surface area contributed by atoms with Crippen molar-refractivity contribution in [2.75, 3.05) is 131 Å². The Bertz CT molecular complexity index is 944. The van der Waals surface area contributed by atoms with Crippen molar-refractivity contribution in [2.24, 2.45) is 0 Å². The topological polar surface area (TPSA) is 92.3 Å². The van der Waals surface area contributed by atoms with E-state index in [1.54, 1.807) is 0 Å². The largest absolute Gasteiger partial charge is 0.405 e. The summed E-state index contributed by atoms with van der Waals surface area (Å²) in [5, 5.41) is 3.33. The third kappa shape index (κ3) is 18.7. The molecule has 12 heteroatoms. The maximum atomic E-state index is 6.84. The Morgan fingerprint density at radius 2 is 0.646 bits per heavy atom. The minimum Gasteiger partial charge on any atom is -0.405 e. The van der Waals surface area contributed by atoms with Crippen molar-refractivity contribution in [3.8, 4) is 0 Å². The highest BCUT2D eigenvalue weighted by atomic mass is 79.9. The van der Waals surface area contributed by atoms with Gasteiger partial charge in [-0.05, 0) is 15.4 Å². The van der Waals surface area contributed by atoms with E-state index in [2.05, 4.69) is 97.4 Å². The van der Waals surface area contributed by atoms with E-state index in [0.29, 0.717) is 126 Å². The molecule has 0 aliphatic heterocycles. The predicted molar refractivity (Wildman–Crippen MR) is 195 cm³/mol. The second-order valence-corrected chi connectivity index (χ2v) is 16.8. The first-order valence-electron chi connectivity index (χ1n) is 17.0. The van der Waals surface area contributed by atoms with Crippen molar-refractivity contribution in [1.82, 2.24) is 0 Å². The first kappa shape index (κ1) is 42.9. The van der Waals surface area contributed by atoms with Gasteiger partial charge in [0, 0.05) is 5.33 Å². The molecule has 0 saturated carbocycles. The van der Waals surface area contributed by atoms with E-state index in [1.807, 2.05) is 0 Å². The zero-order valence-electron chi connectivity index (χ0n) is 29.4. The maximum Gasteiger partial charge on any atom is 0.261 e. The van der Waals surface area contributed by atoms with Crippen LogP contribution in [-0.4, -0.2) is 139 Å². The van der Waals surface area contributed by atoms with Gasteiger partial charge in [0.05, 0.1) is 126 Å². The highest BCUT2D eigenvalue weighted by Crippen LogP contribution is 2.36. The van der Waals surface area contributed by atoms with Gasteiger partial charge in [-0.25, -0.2) is 0 Å². The standard InChI is InChI=1S/C36H59BrO10Si/c1-36(2,3)48(34-10-6-4-7-11-34,35-12-8-5-9-13-35)47-33-32-46-31-30-45-29-28-44-27-26-43-25-24-42-23-22-41-21-20-40-19-18-39-17-16-38-15-14-37/h4-13H,14-33H2,1-3H3. The zero-order chi connectivity index (χ0) is 34.4. The smallest absolute Gasteiger partial charge is 0.261 e. The van der Waals surface area contributed by atoms with Crippen LogP contribution in [0.25, 0.3) is 0 Å². The molecule has 0 aliphatic carbocycles. The summed E-state index contributed by atoms with van der Waals surface area (Å²) in [6.07, 6.45) is 0. The van der Waals surface area contributed by atoms with Crippen LogP contribution in [0.15, 0.2) is 60.7 Å². The molecule has 0 fully saturated rings. The molecule has 0 unspecified atom stereocenters. The van der Waals surface area contributed by atoms with E-state index in [0.717, 1.165) is 5.33 Å². The predicted octanol–water partition coefficient (Wildman–Crippen LogP) is 4.11. The summed E-state index contributed by atoms with van der Waals surface area (Å²) in [5.41, 5.74) is 0. The lowest BCUT2D eigenvalue weighted by Crippen LogP contribution is -2.66. The summed E-state index contributed by atoms with van der Waals surface area (Å²) >= 11 is 3.31. The molecule has 48 heavy (non-hydrogen) atoms. The van der Waals surface area contributed by atoms with Gasteiger partial charge in [-0.1, -0.05) is 97.4 Å². The molecule has 0 atom stereocenters. The Labute approximate surface area is 298 Å². The molecule has 0 N–H and O–H groups in total. The normalized spacial score (nSPS) is 12.2. The first-order chi connectivity index (χ1) is 23.5. The third-order valence-electron chi connectivity index (χ3n) is 7.16. The van der Waals surface area contributed by atoms with Crippen LogP contribution in [0.3, 0.4) is 0 Å². The lowest BCUT2D eigenvalue weighted by atomic mass is 10.2. The Morgan fingerprint density at radius 1 is 0.396 bits per heavy atom. The van der Waals surface area contributed by atoms with Crippen LogP contribution >= 0.6 is 15.9 Å². The Morgan fingerprint density at radius 3 is 0.896 bits per heavy atom. The molecule has 0 bridgehead atoms. The molecule has 274 valence electrons. The first-order valence-corrected chi connectivity index (χ1v) is 20.1. The molecule has 0 radical (unpaired) electrons. The molecule has 2 aromatic rings. The van der Waals surface area contributed by atoms with Crippen LogP contribution in [0.1, 0.15) is 20.8 Å². The second-order valence-electron chi connectivity index (χ2n) is 11.7. The SMILES string of the molecule is CC(C)(C)[Si](OCCOCCOCCOCCOCCOCCOCCOCCOCCOCCBr)(c1ccccc1)c1ccccc1. The second kappa shape index (κ2) is 28.4. The highest BCUT2D eigenvalue weighted by molar-refractivity contribution is 9.09. The summed E-state index contributed by atoms with van der Waals surface area (Å²) < 4.78 is 56.6. The van der Waals surface area contributed by atoms with Crippen molar-refractivity contribution >= 4 is 34.6 Å². The summed E-state index contributed by atoms with van der Waals surface area (Å²) in [4.78, 5) is 0. The molecular formula is C36H59BrO10Si. The summed E-state index contributed by atoms with van der Waals surface area (Å²) in [5.74, 6) is 0. The van der Waals surface area contributed by atoms with E-state index < -0.39 is 8.32 Å². The van der Waals surface area contributed by atoms with Crippen LogP contribution < -0.4 is 10.4 Å². The fourth-order valence-corrected chi connectivity index (χ4v) is 9.71. The Kier molecular flexibility index (Phi) is 25.4.